The molecule has 2 rings (SSSR count). The third-order valence-electron chi connectivity index (χ3n) is 4.77. The van der Waals surface area contributed by atoms with Crippen LogP contribution in [0.3, 0.4) is 0 Å². The van der Waals surface area contributed by atoms with Gasteiger partial charge in [-0.05, 0) is 38.3 Å². The lowest BCUT2D eigenvalue weighted by Gasteiger charge is -2.34. The fourth-order valence-corrected chi connectivity index (χ4v) is 3.49. The molecule has 0 bridgehead atoms. The minimum Gasteiger partial charge on any atom is -0.315 e. The van der Waals surface area contributed by atoms with E-state index in [0.29, 0.717) is 0 Å². The smallest absolute Gasteiger partial charge is 0.0110 e. The van der Waals surface area contributed by atoms with Crippen LogP contribution in [-0.2, 0) is 0 Å². The minimum atomic E-state index is 0.968. The first kappa shape index (κ1) is 15.3. The minimum absolute atomic E-state index is 0.968. The van der Waals surface area contributed by atoms with Gasteiger partial charge in [0, 0.05) is 39.3 Å². The molecule has 0 aromatic rings. The summed E-state index contributed by atoms with van der Waals surface area (Å²) in [6, 6.07) is 0. The van der Waals surface area contributed by atoms with Gasteiger partial charge in [-0.25, -0.2) is 0 Å². The SMILES string of the molecule is CCCN1CCN(CCNCC2CCCCC2)CC1. The molecule has 1 aliphatic heterocycles. The zero-order valence-electron chi connectivity index (χ0n) is 12.9. The van der Waals surface area contributed by atoms with Crippen molar-refractivity contribution in [2.75, 3.05) is 52.4 Å². The predicted octanol–water partition coefficient (Wildman–Crippen LogP) is 2.18. The van der Waals surface area contributed by atoms with E-state index in [4.69, 9.17) is 0 Å². The van der Waals surface area contributed by atoms with E-state index < -0.39 is 0 Å². The Morgan fingerprint density at radius 1 is 0.895 bits per heavy atom. The zero-order chi connectivity index (χ0) is 13.3. The molecule has 1 saturated heterocycles. The van der Waals surface area contributed by atoms with Crippen LogP contribution in [0.15, 0.2) is 0 Å². The number of hydrogen-bond acceptors (Lipinski definition) is 3. The molecular formula is C16H33N3. The number of nitrogens with zero attached hydrogens (tertiary/aromatic N) is 2. The molecule has 2 aliphatic rings. The average Bonchev–Trinajstić information content (AvgIpc) is 2.47. The van der Waals surface area contributed by atoms with Crippen LogP contribution in [0.4, 0.5) is 0 Å². The molecule has 1 heterocycles. The number of hydrogen-bond donors (Lipinski definition) is 1. The standard InChI is InChI=1S/C16H33N3/c1-2-9-18-11-13-19(14-12-18)10-8-17-15-16-6-4-3-5-7-16/h16-17H,2-15H2,1H3. The van der Waals surface area contributed by atoms with Gasteiger partial charge >= 0.3 is 0 Å². The van der Waals surface area contributed by atoms with E-state index in [1.165, 1.54) is 90.9 Å². The summed E-state index contributed by atoms with van der Waals surface area (Å²) < 4.78 is 0. The highest BCUT2D eigenvalue weighted by atomic mass is 15.3. The van der Waals surface area contributed by atoms with Gasteiger partial charge in [-0.2, -0.15) is 0 Å². The Morgan fingerprint density at radius 3 is 2.16 bits per heavy atom. The van der Waals surface area contributed by atoms with E-state index in [9.17, 15) is 0 Å². The molecule has 3 heteroatoms. The summed E-state index contributed by atoms with van der Waals surface area (Å²) in [6.07, 6.45) is 8.62. The first-order chi connectivity index (χ1) is 9.38. The quantitative estimate of drug-likeness (QED) is 0.713. The van der Waals surface area contributed by atoms with Crippen LogP contribution < -0.4 is 5.32 Å². The van der Waals surface area contributed by atoms with Crippen molar-refractivity contribution in [3.05, 3.63) is 0 Å². The largest absolute Gasteiger partial charge is 0.315 e. The maximum Gasteiger partial charge on any atom is 0.0110 e. The second-order valence-corrected chi connectivity index (χ2v) is 6.39. The maximum absolute atomic E-state index is 3.68. The van der Waals surface area contributed by atoms with Crippen LogP contribution in [0, 0.1) is 5.92 Å². The van der Waals surface area contributed by atoms with Crippen molar-refractivity contribution in [3.8, 4) is 0 Å². The predicted molar refractivity (Wildman–Crippen MR) is 82.6 cm³/mol. The van der Waals surface area contributed by atoms with E-state index in [1.54, 1.807) is 0 Å². The third kappa shape index (κ3) is 5.80. The van der Waals surface area contributed by atoms with Crippen molar-refractivity contribution >= 4 is 0 Å². The highest BCUT2D eigenvalue weighted by Crippen LogP contribution is 2.22. The number of rotatable bonds is 7. The van der Waals surface area contributed by atoms with Gasteiger partial charge in [-0.1, -0.05) is 26.2 Å². The normalized spacial score (nSPS) is 23.8. The Hall–Kier alpha value is -0.120. The topological polar surface area (TPSA) is 18.5 Å². The van der Waals surface area contributed by atoms with E-state index in [1.807, 2.05) is 0 Å². The summed E-state index contributed by atoms with van der Waals surface area (Å²) in [5.41, 5.74) is 0. The Labute approximate surface area is 119 Å². The Balaban J connectivity index is 1.47. The van der Waals surface area contributed by atoms with Crippen molar-refractivity contribution in [1.29, 1.82) is 0 Å². The van der Waals surface area contributed by atoms with Gasteiger partial charge in [-0.3, -0.25) is 4.90 Å². The van der Waals surface area contributed by atoms with Gasteiger partial charge in [-0.15, -0.1) is 0 Å². The molecule has 0 aromatic carbocycles. The zero-order valence-corrected chi connectivity index (χ0v) is 12.9. The van der Waals surface area contributed by atoms with Gasteiger partial charge in [0.1, 0.15) is 0 Å². The molecule has 0 atom stereocenters. The molecule has 1 N–H and O–H groups in total. The van der Waals surface area contributed by atoms with Crippen molar-refractivity contribution < 1.29 is 0 Å². The molecular weight excluding hydrogens is 234 g/mol. The fraction of sp³-hybridized carbons (Fsp3) is 1.00. The van der Waals surface area contributed by atoms with Crippen molar-refractivity contribution in [2.24, 2.45) is 5.92 Å². The van der Waals surface area contributed by atoms with Crippen LogP contribution in [0.5, 0.6) is 0 Å². The second-order valence-electron chi connectivity index (χ2n) is 6.39. The fourth-order valence-electron chi connectivity index (χ4n) is 3.49. The van der Waals surface area contributed by atoms with Crippen LogP contribution in [0.25, 0.3) is 0 Å². The van der Waals surface area contributed by atoms with Gasteiger partial charge in [0.2, 0.25) is 0 Å². The summed E-state index contributed by atoms with van der Waals surface area (Å²) in [6.45, 7) is 12.3. The lowest BCUT2D eigenvalue weighted by atomic mass is 9.89. The molecule has 2 fully saturated rings. The van der Waals surface area contributed by atoms with Crippen LogP contribution in [0.1, 0.15) is 45.4 Å². The monoisotopic (exact) mass is 267 g/mol. The first-order valence-corrected chi connectivity index (χ1v) is 8.54. The van der Waals surface area contributed by atoms with E-state index >= 15 is 0 Å². The highest BCUT2D eigenvalue weighted by Gasteiger charge is 2.16. The molecule has 0 amide bonds. The van der Waals surface area contributed by atoms with Crippen LogP contribution >= 0.6 is 0 Å². The van der Waals surface area contributed by atoms with Crippen LogP contribution in [0.2, 0.25) is 0 Å². The Morgan fingerprint density at radius 2 is 1.53 bits per heavy atom. The number of nitrogens with one attached hydrogen (secondary N) is 1. The van der Waals surface area contributed by atoms with E-state index in [-0.39, 0.29) is 0 Å². The molecule has 0 unspecified atom stereocenters. The van der Waals surface area contributed by atoms with Gasteiger partial charge in [0.15, 0.2) is 0 Å². The lowest BCUT2D eigenvalue weighted by Crippen LogP contribution is -2.48. The summed E-state index contributed by atoms with van der Waals surface area (Å²) in [5.74, 6) is 0.968. The first-order valence-electron chi connectivity index (χ1n) is 8.54. The van der Waals surface area contributed by atoms with Gasteiger partial charge in [0.05, 0.1) is 0 Å². The lowest BCUT2D eigenvalue weighted by molar-refractivity contribution is 0.132. The van der Waals surface area contributed by atoms with Crippen molar-refractivity contribution in [1.82, 2.24) is 15.1 Å². The van der Waals surface area contributed by atoms with Crippen molar-refractivity contribution in [2.45, 2.75) is 45.4 Å². The summed E-state index contributed by atoms with van der Waals surface area (Å²) in [7, 11) is 0. The van der Waals surface area contributed by atoms with Gasteiger partial charge in [0.25, 0.3) is 0 Å². The Bertz CT molecular complexity index is 218. The number of piperazine rings is 1. The maximum atomic E-state index is 3.68. The molecule has 19 heavy (non-hydrogen) atoms. The van der Waals surface area contributed by atoms with E-state index in [2.05, 4.69) is 22.0 Å². The van der Waals surface area contributed by atoms with Crippen molar-refractivity contribution in [3.63, 3.8) is 0 Å². The average molecular weight is 267 g/mol. The molecule has 0 aromatic heterocycles. The van der Waals surface area contributed by atoms with E-state index in [0.717, 1.165) is 5.92 Å². The summed E-state index contributed by atoms with van der Waals surface area (Å²) in [5, 5.41) is 3.68. The molecule has 0 spiro atoms. The second kappa shape index (κ2) is 8.93. The third-order valence-corrected chi connectivity index (χ3v) is 4.77. The molecule has 0 radical (unpaired) electrons. The van der Waals surface area contributed by atoms with Crippen LogP contribution in [-0.4, -0.2) is 62.2 Å². The summed E-state index contributed by atoms with van der Waals surface area (Å²) >= 11 is 0. The summed E-state index contributed by atoms with van der Waals surface area (Å²) in [4.78, 5) is 5.23. The Kier molecular flexibility index (Phi) is 7.18. The molecule has 112 valence electrons. The molecule has 1 saturated carbocycles. The van der Waals surface area contributed by atoms with Gasteiger partial charge < -0.3 is 10.2 Å². The molecule has 1 aliphatic carbocycles. The highest BCUT2D eigenvalue weighted by molar-refractivity contribution is 4.73. The molecule has 3 nitrogen and oxygen atoms in total.